The molecule has 4 aromatic rings. The predicted octanol–water partition coefficient (Wildman–Crippen LogP) is 4.19. The summed E-state index contributed by atoms with van der Waals surface area (Å²) >= 11 is 7.29. The van der Waals surface area contributed by atoms with Gasteiger partial charge >= 0.3 is 11.7 Å². The Morgan fingerprint density at radius 3 is 2.81 bits per heavy atom. The molecule has 2 heterocycles. The molecule has 0 radical (unpaired) electrons. The van der Waals surface area contributed by atoms with Crippen LogP contribution >= 0.6 is 22.9 Å². The number of ether oxygens (including phenoxy) is 2. The number of hydrogen-bond donors (Lipinski definition) is 1. The van der Waals surface area contributed by atoms with Crippen molar-refractivity contribution < 1.29 is 14.3 Å². The van der Waals surface area contributed by atoms with E-state index in [0.717, 1.165) is 16.0 Å². The van der Waals surface area contributed by atoms with E-state index in [1.165, 1.54) is 11.3 Å². The van der Waals surface area contributed by atoms with Gasteiger partial charge in [0.05, 0.1) is 29.8 Å². The highest BCUT2D eigenvalue weighted by Gasteiger charge is 2.10. The number of H-pyrrole nitrogens is 1. The minimum absolute atomic E-state index is 0.102. The molecule has 0 spiro atoms. The number of aryl methyl sites for hydroxylation is 1. The smallest absolute Gasteiger partial charge is 0.326 e. The molecule has 0 bridgehead atoms. The number of nitrogens with one attached hydrogen (secondary N) is 1. The lowest BCUT2D eigenvalue weighted by molar-refractivity contribution is -0.143. The van der Waals surface area contributed by atoms with Crippen LogP contribution in [0.5, 0.6) is 5.75 Å². The summed E-state index contributed by atoms with van der Waals surface area (Å²) < 4.78 is 12.6. The van der Waals surface area contributed by atoms with Gasteiger partial charge in [-0.25, -0.2) is 9.78 Å². The van der Waals surface area contributed by atoms with Crippen LogP contribution in [0.3, 0.4) is 0 Å². The summed E-state index contributed by atoms with van der Waals surface area (Å²) in [5, 5.41) is 3.25. The number of nitrogens with zero attached hydrogens (tertiary/aromatic N) is 2. The number of carbonyl (C=O) groups is 1. The Morgan fingerprint density at radius 2 is 1.97 bits per heavy atom. The zero-order valence-corrected chi connectivity index (χ0v) is 18.1. The van der Waals surface area contributed by atoms with Crippen molar-refractivity contribution in [2.24, 2.45) is 0 Å². The molecular formula is C22H20ClN3O4S. The Morgan fingerprint density at radius 1 is 1.16 bits per heavy atom. The third-order valence-corrected chi connectivity index (χ3v) is 5.69. The van der Waals surface area contributed by atoms with Crippen molar-refractivity contribution >= 4 is 39.9 Å². The molecule has 31 heavy (non-hydrogen) atoms. The molecule has 0 fully saturated rings. The van der Waals surface area contributed by atoms with Crippen molar-refractivity contribution in [2.75, 3.05) is 6.61 Å². The second-order valence-corrected chi connectivity index (χ2v) is 8.20. The molecule has 4 rings (SSSR count). The lowest BCUT2D eigenvalue weighted by Gasteiger charge is -2.05. The number of halogens is 1. The number of imidazole rings is 1. The normalized spacial score (nSPS) is 11.0. The van der Waals surface area contributed by atoms with Crippen molar-refractivity contribution in [1.29, 1.82) is 0 Å². The number of aromatic nitrogens is 3. The van der Waals surface area contributed by atoms with Crippen LogP contribution in [0.25, 0.3) is 11.0 Å². The number of hydrogen-bond acceptors (Lipinski definition) is 6. The largest absolute Gasteiger partial charge is 0.486 e. The van der Waals surface area contributed by atoms with E-state index in [-0.39, 0.29) is 24.7 Å². The molecule has 0 aliphatic heterocycles. The molecule has 0 amide bonds. The molecule has 0 unspecified atom stereocenters. The third kappa shape index (κ3) is 5.53. The second kappa shape index (κ2) is 9.80. The number of benzene rings is 2. The molecule has 7 nitrogen and oxygen atoms in total. The molecule has 0 saturated carbocycles. The van der Waals surface area contributed by atoms with Crippen LogP contribution in [0.1, 0.15) is 17.1 Å². The van der Waals surface area contributed by atoms with Gasteiger partial charge in [-0.3, -0.25) is 9.36 Å². The highest BCUT2D eigenvalue weighted by molar-refractivity contribution is 7.09. The van der Waals surface area contributed by atoms with E-state index in [1.807, 2.05) is 29.6 Å². The van der Waals surface area contributed by atoms with Gasteiger partial charge in [0, 0.05) is 16.9 Å². The van der Waals surface area contributed by atoms with Gasteiger partial charge in [0.15, 0.2) is 0 Å². The van der Waals surface area contributed by atoms with E-state index in [1.54, 1.807) is 28.8 Å². The minimum atomic E-state index is -0.346. The Balaban J connectivity index is 1.21. The number of fused-ring (bicyclic) bond motifs is 1. The maximum Gasteiger partial charge on any atom is 0.326 e. The van der Waals surface area contributed by atoms with Crippen molar-refractivity contribution in [2.45, 2.75) is 26.0 Å². The van der Waals surface area contributed by atoms with Crippen LogP contribution in [-0.2, 0) is 29.1 Å². The van der Waals surface area contributed by atoms with Crippen LogP contribution < -0.4 is 10.4 Å². The Labute approximate surface area is 187 Å². The van der Waals surface area contributed by atoms with E-state index >= 15 is 0 Å². The molecule has 0 atom stereocenters. The molecule has 9 heteroatoms. The summed E-state index contributed by atoms with van der Waals surface area (Å²) in [6.07, 6.45) is 0.648. The number of para-hydroxylation sites is 2. The highest BCUT2D eigenvalue weighted by Crippen LogP contribution is 2.18. The van der Waals surface area contributed by atoms with Crippen LogP contribution in [-0.4, -0.2) is 27.1 Å². The fourth-order valence-electron chi connectivity index (χ4n) is 3.11. The quantitative estimate of drug-likeness (QED) is 0.301. The van der Waals surface area contributed by atoms with E-state index in [9.17, 15) is 9.59 Å². The standard InChI is InChI=1S/C22H20ClN3O4S/c23-15-6-8-17(9-7-15)30-13-20-24-16(14-31-20)12-21(27)29-11-3-10-26-19-5-2-1-4-18(19)25-22(26)28/h1-2,4-9,14H,3,10-13H2,(H,25,28). The number of thiazole rings is 1. The monoisotopic (exact) mass is 457 g/mol. The Hall–Kier alpha value is -3.10. The van der Waals surface area contributed by atoms with Crippen LogP contribution in [0.4, 0.5) is 0 Å². The topological polar surface area (TPSA) is 86.2 Å². The van der Waals surface area contributed by atoms with Crippen LogP contribution in [0.15, 0.2) is 58.7 Å². The van der Waals surface area contributed by atoms with E-state index in [2.05, 4.69) is 9.97 Å². The second-order valence-electron chi connectivity index (χ2n) is 6.82. The average molecular weight is 458 g/mol. The van der Waals surface area contributed by atoms with Crippen molar-refractivity contribution in [3.8, 4) is 5.75 Å². The Bertz CT molecular complexity index is 1230. The van der Waals surface area contributed by atoms with Gasteiger partial charge in [0.2, 0.25) is 0 Å². The molecule has 2 aromatic carbocycles. The molecule has 1 N–H and O–H groups in total. The lowest BCUT2D eigenvalue weighted by Crippen LogP contribution is -2.18. The van der Waals surface area contributed by atoms with Gasteiger partial charge in [-0.1, -0.05) is 23.7 Å². The first-order chi connectivity index (χ1) is 15.1. The van der Waals surface area contributed by atoms with Gasteiger partial charge in [-0.05, 0) is 42.8 Å². The fourth-order valence-corrected chi connectivity index (χ4v) is 3.94. The van der Waals surface area contributed by atoms with Crippen molar-refractivity contribution in [1.82, 2.24) is 14.5 Å². The summed E-state index contributed by atoms with van der Waals surface area (Å²) in [5.41, 5.74) is 2.12. The molecule has 0 aliphatic carbocycles. The maximum atomic E-state index is 12.1. The molecule has 2 aromatic heterocycles. The Kier molecular flexibility index (Phi) is 6.69. The molecular weight excluding hydrogens is 438 g/mol. The SMILES string of the molecule is O=C(Cc1csc(COc2ccc(Cl)cc2)n1)OCCCn1c(=O)[nH]c2ccccc21. The maximum absolute atomic E-state index is 12.1. The van der Waals surface area contributed by atoms with Crippen molar-refractivity contribution in [3.05, 3.63) is 80.1 Å². The number of aromatic amines is 1. The average Bonchev–Trinajstić information content (AvgIpc) is 3.34. The van der Waals surface area contributed by atoms with Crippen LogP contribution in [0, 0.1) is 0 Å². The number of rotatable bonds is 9. The first-order valence-electron chi connectivity index (χ1n) is 9.73. The van der Waals surface area contributed by atoms with E-state index in [4.69, 9.17) is 21.1 Å². The first kappa shape index (κ1) is 21.1. The van der Waals surface area contributed by atoms with Gasteiger partial charge in [-0.2, -0.15) is 0 Å². The lowest BCUT2D eigenvalue weighted by atomic mass is 10.3. The summed E-state index contributed by atoms with van der Waals surface area (Å²) in [6.45, 7) is 1.03. The highest BCUT2D eigenvalue weighted by atomic mass is 35.5. The summed E-state index contributed by atoms with van der Waals surface area (Å²) in [7, 11) is 0. The number of esters is 1. The van der Waals surface area contributed by atoms with Crippen LogP contribution in [0.2, 0.25) is 5.02 Å². The first-order valence-corrected chi connectivity index (χ1v) is 11.0. The van der Waals surface area contributed by atoms with Gasteiger partial charge < -0.3 is 14.5 Å². The van der Waals surface area contributed by atoms with Gasteiger partial charge in [0.25, 0.3) is 0 Å². The van der Waals surface area contributed by atoms with Crippen molar-refractivity contribution in [3.63, 3.8) is 0 Å². The molecule has 0 aliphatic rings. The van der Waals surface area contributed by atoms with E-state index < -0.39 is 0 Å². The third-order valence-electron chi connectivity index (χ3n) is 4.57. The fraction of sp³-hybridized carbons (Fsp3) is 0.227. The van der Waals surface area contributed by atoms with Gasteiger partial charge in [-0.15, -0.1) is 11.3 Å². The molecule has 160 valence electrons. The predicted molar refractivity (Wildman–Crippen MR) is 120 cm³/mol. The summed E-state index contributed by atoms with van der Waals surface area (Å²) in [4.78, 5) is 31.4. The zero-order chi connectivity index (χ0) is 21.6. The summed E-state index contributed by atoms with van der Waals surface area (Å²) in [5.74, 6) is 0.358. The van der Waals surface area contributed by atoms with Gasteiger partial charge in [0.1, 0.15) is 17.4 Å². The molecule has 0 saturated heterocycles. The zero-order valence-electron chi connectivity index (χ0n) is 16.5. The van der Waals surface area contributed by atoms with E-state index in [0.29, 0.717) is 36.0 Å². The number of carbonyl (C=O) groups excluding carboxylic acids is 1. The minimum Gasteiger partial charge on any atom is -0.486 e. The summed E-state index contributed by atoms with van der Waals surface area (Å²) in [6, 6.07) is 14.6.